The van der Waals surface area contributed by atoms with Gasteiger partial charge in [0.05, 0.1) is 0 Å². The summed E-state index contributed by atoms with van der Waals surface area (Å²) >= 11 is 0. The van der Waals surface area contributed by atoms with Crippen LogP contribution in [0.1, 0.15) is 2.85 Å². The minimum absolute atomic E-state index is 0. The molecule has 0 aliphatic heterocycles. The fourth-order valence-electron chi connectivity index (χ4n) is 0. The molecule has 0 heterocycles. The molecule has 0 atom stereocenters. The quantitative estimate of drug-likeness (QED) is 0.449. The van der Waals surface area contributed by atoms with Crippen molar-refractivity contribution in [3.63, 3.8) is 0 Å². The van der Waals surface area contributed by atoms with Crippen LogP contribution in [0.25, 0.3) is 0 Å². The van der Waals surface area contributed by atoms with Crippen molar-refractivity contribution in [1.82, 2.24) is 0 Å². The molecule has 0 aliphatic carbocycles. The molecule has 1 nitrogen and oxygen atoms in total. The summed E-state index contributed by atoms with van der Waals surface area (Å²) in [6.07, 6.45) is 0. The number of hydrogen-bond donors (Lipinski definition) is 0. The third-order valence-electron chi connectivity index (χ3n) is 0. The fourth-order valence-corrected chi connectivity index (χ4v) is 0. The van der Waals surface area contributed by atoms with E-state index in [9.17, 15) is 0 Å². The predicted octanol–water partition coefficient (Wildman–Crippen LogP) is -0.986. The fraction of sp³-hybridized carbons (Fsp3) is 0. The third-order valence-corrected chi connectivity index (χ3v) is 0. The molecule has 0 aromatic carbocycles. The van der Waals surface area contributed by atoms with Gasteiger partial charge in [-0.05, 0) is 0 Å². The van der Waals surface area contributed by atoms with Crippen molar-refractivity contribution in [3.05, 3.63) is 0 Å². The summed E-state index contributed by atoms with van der Waals surface area (Å²) in [5, 5.41) is 0. The van der Waals surface area contributed by atoms with Crippen molar-refractivity contribution in [2.75, 3.05) is 0 Å². The molecule has 4 heavy (non-hydrogen) atoms. The van der Waals surface area contributed by atoms with Gasteiger partial charge in [0.25, 0.3) is 0 Å². The Morgan fingerprint density at radius 2 is 1.25 bits per heavy atom. The van der Waals surface area contributed by atoms with Gasteiger partial charge in [0, 0.05) is 47.9 Å². The van der Waals surface area contributed by atoms with Gasteiger partial charge in [0.15, 0.2) is 0 Å². The summed E-state index contributed by atoms with van der Waals surface area (Å²) in [4.78, 5) is 0. The topological polar surface area (TPSA) is 31.5 Å². The van der Waals surface area contributed by atoms with Crippen LogP contribution in [0.4, 0.5) is 0 Å². The van der Waals surface area contributed by atoms with E-state index in [1.54, 1.807) is 0 Å². The van der Waals surface area contributed by atoms with Crippen LogP contribution in [0.15, 0.2) is 0 Å². The zero-order valence-electron chi connectivity index (χ0n) is 4.21. The summed E-state index contributed by atoms with van der Waals surface area (Å²) in [5.74, 6) is 0. The van der Waals surface area contributed by atoms with E-state index in [-0.39, 0.29) is 94.0 Å². The molecule has 4 heteroatoms. The Kier molecular flexibility index (Phi) is 124. The largest absolute Gasteiger partial charge is 2.00 e. The molecule has 0 fully saturated rings. The monoisotopic (exact) mass is 198 g/mol. The Labute approximate surface area is 92.2 Å². The van der Waals surface area contributed by atoms with Crippen molar-refractivity contribution in [3.8, 4) is 0 Å². The molecule has 2 N–H and O–H groups in total. The van der Waals surface area contributed by atoms with E-state index >= 15 is 0 Å². The van der Waals surface area contributed by atoms with Crippen LogP contribution in [0, 0.1) is 0 Å². The molecule has 0 unspecified atom stereocenters. The molecule has 0 bridgehead atoms. The first-order valence-corrected chi connectivity index (χ1v) is 0. The number of hydrogen-bond acceptors (Lipinski definition) is 0. The summed E-state index contributed by atoms with van der Waals surface area (Å²) < 4.78 is 0. The average Bonchev–Trinajstić information content (AvgIpc) is 0. The van der Waals surface area contributed by atoms with Gasteiger partial charge in [-0.3, -0.25) is 0 Å². The minimum atomic E-state index is 0. The van der Waals surface area contributed by atoms with E-state index in [2.05, 4.69) is 0 Å². The zero-order chi connectivity index (χ0) is 0. The molecule has 0 saturated carbocycles. The van der Waals surface area contributed by atoms with E-state index in [1.165, 1.54) is 0 Å². The van der Waals surface area contributed by atoms with E-state index < -0.39 is 0 Å². The predicted molar refractivity (Wildman–Crippen MR) is 11.6 cm³/mol. The number of rotatable bonds is 0. The van der Waals surface area contributed by atoms with Crippen LogP contribution in [-0.4, -0.2) is 43.2 Å². The summed E-state index contributed by atoms with van der Waals surface area (Å²) in [5.41, 5.74) is 0. The van der Waals surface area contributed by atoms with Gasteiger partial charge < -0.3 is 8.33 Å². The third kappa shape index (κ3) is 8.84. The Morgan fingerprint density at radius 3 is 1.25 bits per heavy atom. The van der Waals surface area contributed by atoms with Gasteiger partial charge in [0.2, 0.25) is 0 Å². The smallest absolute Gasteiger partial charge is 1.00 e. The van der Waals surface area contributed by atoms with Crippen LogP contribution in [-0.2, 0) is 47.9 Å². The van der Waals surface area contributed by atoms with Crippen LogP contribution < -0.4 is 0 Å². The maximum atomic E-state index is 0. The van der Waals surface area contributed by atoms with Gasteiger partial charge in [-0.1, -0.05) is 0 Å². The minimum Gasteiger partial charge on any atom is -1.00 e. The second-order valence-corrected chi connectivity index (χ2v) is 0. The van der Waals surface area contributed by atoms with Gasteiger partial charge in [-0.2, -0.15) is 0 Å². The summed E-state index contributed by atoms with van der Waals surface area (Å²) in [6.45, 7) is 0. The molecule has 0 radical (unpaired) electrons. The van der Waals surface area contributed by atoms with Gasteiger partial charge in [-0.25, -0.2) is 0 Å². The SMILES string of the molecule is O.[Ca+2].[H-].[H-].[Ti].[Zr]. The maximum Gasteiger partial charge on any atom is 2.00 e. The maximum absolute atomic E-state index is 0. The molecule has 0 aliphatic rings. The summed E-state index contributed by atoms with van der Waals surface area (Å²) in [6, 6.07) is 0. The molecule has 0 rings (SSSR count). The molecule has 0 amide bonds. The average molecular weight is 199 g/mol. The van der Waals surface area contributed by atoms with Crippen molar-refractivity contribution < 1.29 is 56.3 Å². The molecule has 20 valence electrons. The van der Waals surface area contributed by atoms with Crippen LogP contribution in [0.2, 0.25) is 0 Å². The van der Waals surface area contributed by atoms with E-state index in [0.717, 1.165) is 0 Å². The zero-order valence-corrected chi connectivity index (χ0v) is 8.44. The van der Waals surface area contributed by atoms with Gasteiger partial charge >= 0.3 is 37.7 Å². The standard InChI is InChI=1S/Ca.H2O.Ti.Zr.2H/h;1H2;;;;/q+2;;;;2*-1. The first-order valence-electron chi connectivity index (χ1n) is 0. The second kappa shape index (κ2) is 17.0. The van der Waals surface area contributed by atoms with Crippen LogP contribution in [0.5, 0.6) is 0 Å². The van der Waals surface area contributed by atoms with E-state index in [1.807, 2.05) is 0 Å². The van der Waals surface area contributed by atoms with E-state index in [0.29, 0.717) is 0 Å². The van der Waals surface area contributed by atoms with Gasteiger partial charge in [-0.15, -0.1) is 0 Å². The van der Waals surface area contributed by atoms with Crippen molar-refractivity contribution >= 4 is 37.7 Å². The Balaban J connectivity index is 0. The van der Waals surface area contributed by atoms with Crippen LogP contribution >= 0.6 is 0 Å². The second-order valence-electron chi connectivity index (χ2n) is 0. The Morgan fingerprint density at radius 1 is 1.25 bits per heavy atom. The first kappa shape index (κ1) is 29.1. The van der Waals surface area contributed by atoms with Gasteiger partial charge in [0.1, 0.15) is 0 Å². The Hall–Kier alpha value is 2.82. The molecular formula is H4CaOTiZr. The summed E-state index contributed by atoms with van der Waals surface area (Å²) in [7, 11) is 0. The molecule has 0 aromatic rings. The van der Waals surface area contributed by atoms with Crippen LogP contribution in [0.3, 0.4) is 0 Å². The first-order chi connectivity index (χ1) is 0. The Bertz CT molecular complexity index is 13.5. The normalized spacial score (nSPS) is 0. The molecular weight excluding hydrogens is 195 g/mol. The van der Waals surface area contributed by atoms with Crippen molar-refractivity contribution in [1.29, 1.82) is 0 Å². The molecule has 0 saturated heterocycles. The molecule has 0 spiro atoms. The van der Waals surface area contributed by atoms with E-state index in [4.69, 9.17) is 0 Å². The van der Waals surface area contributed by atoms with Crippen molar-refractivity contribution in [2.45, 2.75) is 0 Å². The van der Waals surface area contributed by atoms with Crippen molar-refractivity contribution in [2.24, 2.45) is 0 Å². The molecule has 0 aromatic heterocycles.